The zero-order valence-electron chi connectivity index (χ0n) is 43.4. The van der Waals surface area contributed by atoms with E-state index in [-0.39, 0.29) is 68.9 Å². The molecule has 3 aromatic carbocycles. The molecule has 428 valence electrons. The quantitative estimate of drug-likeness (QED) is 0.0426. The number of fused-ring (bicyclic) bond motifs is 1. The van der Waals surface area contributed by atoms with Gasteiger partial charge in [-0.3, -0.25) is 48.3 Å². The first-order valence-corrected chi connectivity index (χ1v) is 25.6. The fourth-order valence-electron chi connectivity index (χ4n) is 8.81. The summed E-state index contributed by atoms with van der Waals surface area (Å²) in [4.78, 5) is 132. The van der Waals surface area contributed by atoms with Gasteiger partial charge in [0, 0.05) is 87.5 Å². The van der Waals surface area contributed by atoms with Crippen LogP contribution in [0.2, 0.25) is 5.02 Å². The van der Waals surface area contributed by atoms with E-state index in [0.29, 0.717) is 47.0 Å². The molecule has 0 bridgehead atoms. The van der Waals surface area contributed by atoms with Crippen LogP contribution in [0.4, 0.5) is 21.0 Å². The lowest BCUT2D eigenvalue weighted by Crippen LogP contribution is -2.61. The van der Waals surface area contributed by atoms with Crippen molar-refractivity contribution in [2.45, 2.75) is 88.5 Å². The van der Waals surface area contributed by atoms with E-state index in [0.717, 1.165) is 39.0 Å². The average molecular weight is 1130 g/mol. The molecular formula is C52H60ClN9O18. The predicted octanol–water partition coefficient (Wildman–Crippen LogP) is 0.171. The molecule has 2 saturated heterocycles. The van der Waals surface area contributed by atoms with Gasteiger partial charge in [0.1, 0.15) is 43.4 Å². The number of likely N-dealkylation sites (N-methyl/N-ethyl adjacent to an activating group) is 1. The maximum atomic E-state index is 14.0. The lowest BCUT2D eigenvalue weighted by atomic mass is 9.99. The van der Waals surface area contributed by atoms with Crippen LogP contribution in [0.15, 0.2) is 66.7 Å². The largest absolute Gasteiger partial charge is 0.479 e. The van der Waals surface area contributed by atoms with Gasteiger partial charge in [0.05, 0.1) is 18.9 Å². The number of hydrogen-bond donors (Lipinski definition) is 9. The van der Waals surface area contributed by atoms with Crippen molar-refractivity contribution in [2.24, 2.45) is 0 Å². The van der Waals surface area contributed by atoms with Crippen molar-refractivity contribution >= 4 is 82.4 Å². The highest BCUT2D eigenvalue weighted by molar-refractivity contribution is 6.31. The van der Waals surface area contributed by atoms with Crippen molar-refractivity contribution in [1.82, 2.24) is 35.6 Å². The molecule has 0 saturated carbocycles. The van der Waals surface area contributed by atoms with Gasteiger partial charge in [-0.25, -0.2) is 14.4 Å². The van der Waals surface area contributed by atoms with Crippen LogP contribution in [0.1, 0.15) is 58.3 Å². The maximum absolute atomic E-state index is 14.0. The van der Waals surface area contributed by atoms with E-state index < -0.39 is 109 Å². The molecule has 0 aliphatic carbocycles. The molecule has 2 fully saturated rings. The summed E-state index contributed by atoms with van der Waals surface area (Å²) in [6.45, 7) is 0.479. The number of benzene rings is 3. The molecule has 28 heteroatoms. The number of hydrogen-bond acceptors (Lipinski definition) is 18. The second kappa shape index (κ2) is 27.2. The highest BCUT2D eigenvalue weighted by Crippen LogP contribution is 2.33. The van der Waals surface area contributed by atoms with Crippen molar-refractivity contribution in [2.75, 3.05) is 64.2 Å². The summed E-state index contributed by atoms with van der Waals surface area (Å²) in [5.74, 6) is -6.13. The molecule has 10 amide bonds. The third-order valence-electron chi connectivity index (χ3n) is 13.2. The van der Waals surface area contributed by atoms with Crippen LogP contribution < -0.4 is 31.3 Å². The third kappa shape index (κ3) is 15.0. The Morgan fingerprint density at radius 1 is 0.825 bits per heavy atom. The lowest BCUT2D eigenvalue weighted by Gasteiger charge is -2.38. The van der Waals surface area contributed by atoms with Crippen molar-refractivity contribution in [3.63, 3.8) is 0 Å². The number of likely N-dealkylation sites (tertiary alicyclic amines) is 1. The number of carboxylic acids is 1. The predicted molar refractivity (Wildman–Crippen MR) is 278 cm³/mol. The molecule has 9 N–H and O–H groups in total. The molecule has 3 aromatic rings. The Kier molecular flexibility index (Phi) is 20.3. The van der Waals surface area contributed by atoms with Crippen LogP contribution in [0.25, 0.3) is 0 Å². The first kappa shape index (κ1) is 59.6. The summed E-state index contributed by atoms with van der Waals surface area (Å²) in [5, 5.41) is 54.7. The van der Waals surface area contributed by atoms with Crippen molar-refractivity contribution in [3.8, 4) is 5.75 Å². The second-order valence-corrected chi connectivity index (χ2v) is 19.3. The lowest BCUT2D eigenvalue weighted by molar-refractivity contribution is -0.271. The number of amides is 10. The minimum absolute atomic E-state index is 0.0249. The van der Waals surface area contributed by atoms with Crippen LogP contribution in [-0.4, -0.2) is 190 Å². The number of nitrogens with one attached hydrogen (secondary N) is 5. The summed E-state index contributed by atoms with van der Waals surface area (Å²) in [6.07, 6.45) is -8.91. The zero-order valence-corrected chi connectivity index (χ0v) is 44.1. The van der Waals surface area contributed by atoms with Gasteiger partial charge in [0.15, 0.2) is 6.10 Å². The number of imide groups is 2. The monoisotopic (exact) mass is 1130 g/mol. The van der Waals surface area contributed by atoms with Gasteiger partial charge in [0.25, 0.3) is 23.6 Å². The molecule has 80 heavy (non-hydrogen) atoms. The smallest absolute Gasteiger partial charge is 0.411 e. The van der Waals surface area contributed by atoms with Gasteiger partial charge in [-0.15, -0.1) is 0 Å². The number of carbonyl (C=O) groups excluding carboxylic acids is 9. The highest BCUT2D eigenvalue weighted by atomic mass is 35.5. The second-order valence-electron chi connectivity index (χ2n) is 18.9. The van der Waals surface area contributed by atoms with E-state index >= 15 is 0 Å². The number of piperidine rings is 1. The van der Waals surface area contributed by atoms with E-state index in [1.807, 2.05) is 13.1 Å². The number of carboxylic acid groups (broad SMARTS) is 1. The van der Waals surface area contributed by atoms with Crippen LogP contribution >= 0.6 is 11.6 Å². The number of carbonyl (C=O) groups is 10. The molecule has 0 radical (unpaired) electrons. The number of ether oxygens (including phenoxy) is 4. The molecule has 4 aliphatic rings. The molecule has 6 atom stereocenters. The van der Waals surface area contributed by atoms with Crippen molar-refractivity contribution < 1.29 is 87.3 Å². The maximum Gasteiger partial charge on any atom is 0.411 e. The Hall–Kier alpha value is -8.05. The first-order valence-electron chi connectivity index (χ1n) is 25.3. The zero-order chi connectivity index (χ0) is 57.8. The first-order chi connectivity index (χ1) is 38.2. The number of urea groups is 1. The normalized spacial score (nSPS) is 20.6. The Morgan fingerprint density at radius 3 is 2.30 bits per heavy atom. The number of aliphatic hydroxyl groups is 3. The van der Waals surface area contributed by atoms with Crippen molar-refractivity contribution in [3.05, 3.63) is 99.6 Å². The molecule has 0 aromatic heterocycles. The molecule has 7 rings (SSSR count). The van der Waals surface area contributed by atoms with Gasteiger partial charge in [-0.1, -0.05) is 35.9 Å². The Balaban J connectivity index is 0.923. The standard InChI is InChI=1S/C52H60ClN9O18/c1-54-17-20-77-19-15-30-5-6-32(23-34(30)53)57-51(75)56-24-28-3-7-33-31(21-28)25-61(47(33)71)36-8-10-42(67)62(48(36)72)27-59(2)52(76)78-26-29-4-9-37(79-50-45(70)43(68)44(69)46(80-50)49(73)74)35(22-29)58-39(64)13-16-55-38(63)14-18-60-40(65)11-12-41(60)66/h3-7,9,11-12,21-23,36,43-46,50,54,68-70H,8,10,13-20,24-27H2,1-2H3,(H,55,63)(H,58,64)(H,73,74)(H2,56,57,75)/t36?,43-,44-,45+,46-,50+/m0/s1. The summed E-state index contributed by atoms with van der Waals surface area (Å²) in [6, 6.07) is 12.5. The molecule has 4 aliphatic heterocycles. The highest BCUT2D eigenvalue weighted by Gasteiger charge is 2.48. The molecule has 27 nitrogen and oxygen atoms in total. The number of rotatable bonds is 24. The Bertz CT molecular complexity index is 2910. The number of aliphatic hydroxyl groups excluding tert-OH is 3. The van der Waals surface area contributed by atoms with E-state index in [2.05, 4.69) is 26.6 Å². The SMILES string of the molecule is CNCCOCCc1ccc(NC(=O)NCc2ccc3c(c2)CN(C2CCC(=O)N(CN(C)C(=O)OCc4ccc(O[C@@H]5O[C@H](C(=O)O)[C@@H](O)[C@H](O)[C@H]5O)c(NC(=O)CCNC(=O)CCN5C(=O)C=CC5=O)c4)C2=O)C3=O)cc1Cl. The minimum Gasteiger partial charge on any atom is -0.479 e. The minimum atomic E-state index is -2.03. The summed E-state index contributed by atoms with van der Waals surface area (Å²) >= 11 is 6.45. The van der Waals surface area contributed by atoms with Crippen molar-refractivity contribution in [1.29, 1.82) is 0 Å². The molecular weight excluding hydrogens is 1070 g/mol. The van der Waals surface area contributed by atoms with E-state index in [1.54, 1.807) is 30.3 Å². The van der Waals surface area contributed by atoms with Gasteiger partial charge in [-0.2, -0.15) is 0 Å². The summed E-state index contributed by atoms with van der Waals surface area (Å²) in [5.41, 5.74) is 3.02. The summed E-state index contributed by atoms with van der Waals surface area (Å²) in [7, 11) is 3.11. The third-order valence-corrected chi connectivity index (χ3v) is 13.5. The van der Waals surface area contributed by atoms with Crippen LogP contribution in [0.5, 0.6) is 5.75 Å². The van der Waals surface area contributed by atoms with E-state index in [1.165, 1.54) is 30.1 Å². The molecule has 0 spiro atoms. The average Bonchev–Trinajstić information content (AvgIpc) is 3.93. The van der Waals surface area contributed by atoms with Gasteiger partial charge >= 0.3 is 18.1 Å². The van der Waals surface area contributed by atoms with Gasteiger partial charge in [-0.05, 0) is 72.5 Å². The summed E-state index contributed by atoms with van der Waals surface area (Å²) < 4.78 is 22.0. The number of aliphatic carboxylic acids is 1. The fourth-order valence-corrected chi connectivity index (χ4v) is 9.08. The van der Waals surface area contributed by atoms with Crippen LogP contribution in [0.3, 0.4) is 0 Å². The van der Waals surface area contributed by atoms with E-state index in [4.69, 9.17) is 30.5 Å². The Labute approximate surface area is 462 Å². The topological polar surface area (TPSA) is 362 Å². The molecule has 1 unspecified atom stereocenters. The van der Waals surface area contributed by atoms with Crippen LogP contribution in [0, 0.1) is 0 Å². The number of halogens is 1. The molecule has 4 heterocycles. The van der Waals surface area contributed by atoms with Gasteiger partial charge in [0.2, 0.25) is 24.0 Å². The fraction of sp³-hybridized carbons (Fsp3) is 0.423. The van der Waals surface area contributed by atoms with E-state index in [9.17, 15) is 68.4 Å². The Morgan fingerprint density at radius 2 is 1.57 bits per heavy atom. The van der Waals surface area contributed by atoms with Gasteiger partial charge < -0.3 is 70.9 Å². The number of anilines is 2. The van der Waals surface area contributed by atoms with Crippen LogP contribution in [-0.2, 0) is 73.9 Å². The number of nitrogens with zero attached hydrogens (tertiary/aromatic N) is 4.